The quantitative estimate of drug-likeness (QED) is 0.734. The van der Waals surface area contributed by atoms with Gasteiger partial charge >= 0.3 is 0 Å². The molecule has 0 fully saturated rings. The Kier molecular flexibility index (Phi) is 1.96. The summed E-state index contributed by atoms with van der Waals surface area (Å²) in [6.07, 6.45) is 3.30. The number of ketones is 1. The number of rotatable bonds is 2. The van der Waals surface area contributed by atoms with E-state index in [4.69, 9.17) is 4.74 Å². The van der Waals surface area contributed by atoms with E-state index in [0.29, 0.717) is 11.4 Å². The molecule has 0 aliphatic rings. The van der Waals surface area contributed by atoms with Crippen LogP contribution in [0.2, 0.25) is 0 Å². The minimum Gasteiger partial charge on any atom is -0.479 e. The lowest BCUT2D eigenvalue weighted by Gasteiger charge is -1.99. The number of aromatic nitrogens is 2. The van der Waals surface area contributed by atoms with Gasteiger partial charge in [0.2, 0.25) is 5.88 Å². The van der Waals surface area contributed by atoms with E-state index in [0.717, 1.165) is 10.9 Å². The van der Waals surface area contributed by atoms with Crippen LogP contribution in [-0.2, 0) is 0 Å². The van der Waals surface area contributed by atoms with Gasteiger partial charge in [0.15, 0.2) is 5.78 Å². The first-order chi connectivity index (χ1) is 6.74. The summed E-state index contributed by atoms with van der Waals surface area (Å²) in [6.45, 7) is 1.54. The number of Topliss-reactive ketones (excluding diaryl/α,β-unsaturated/α-hetero) is 1. The molecule has 0 spiro atoms. The smallest absolute Gasteiger partial charge is 0.238 e. The highest BCUT2D eigenvalue weighted by Crippen LogP contribution is 2.24. The van der Waals surface area contributed by atoms with Crippen LogP contribution in [0.4, 0.5) is 0 Å². The number of nitrogens with one attached hydrogen (secondary N) is 1. The minimum atomic E-state index is 0.0319. The molecule has 0 aliphatic heterocycles. The number of H-pyrrole nitrogens is 1. The lowest BCUT2D eigenvalue weighted by atomic mass is 10.1. The van der Waals surface area contributed by atoms with Crippen molar-refractivity contribution < 1.29 is 9.53 Å². The Morgan fingerprint density at radius 1 is 1.57 bits per heavy atom. The van der Waals surface area contributed by atoms with E-state index in [-0.39, 0.29) is 5.78 Å². The van der Waals surface area contributed by atoms with Crippen molar-refractivity contribution in [3.05, 3.63) is 24.0 Å². The van der Waals surface area contributed by atoms with E-state index in [1.807, 2.05) is 0 Å². The molecule has 2 rings (SSSR count). The van der Waals surface area contributed by atoms with Gasteiger partial charge in [-0.1, -0.05) is 0 Å². The van der Waals surface area contributed by atoms with Crippen molar-refractivity contribution in [1.29, 1.82) is 0 Å². The Morgan fingerprint density at radius 2 is 2.36 bits per heavy atom. The molecule has 72 valence electrons. The van der Waals surface area contributed by atoms with Gasteiger partial charge in [-0.25, -0.2) is 4.98 Å². The number of ether oxygens (including phenoxy) is 1. The molecule has 0 bridgehead atoms. The van der Waals surface area contributed by atoms with Gasteiger partial charge in [-0.15, -0.1) is 0 Å². The molecule has 0 amide bonds. The Labute approximate surface area is 80.9 Å². The monoisotopic (exact) mass is 190 g/mol. The lowest BCUT2D eigenvalue weighted by Crippen LogP contribution is -1.90. The van der Waals surface area contributed by atoms with Crippen LogP contribution >= 0.6 is 0 Å². The molecule has 0 saturated heterocycles. The Balaban J connectivity index is 2.75. The molecular weight excluding hydrogens is 180 g/mol. The molecule has 0 aliphatic carbocycles. The van der Waals surface area contributed by atoms with Crippen molar-refractivity contribution in [3.63, 3.8) is 0 Å². The maximum atomic E-state index is 11.2. The van der Waals surface area contributed by atoms with Gasteiger partial charge in [0.05, 0.1) is 7.11 Å². The summed E-state index contributed by atoms with van der Waals surface area (Å²) in [5.41, 5.74) is 1.43. The molecule has 4 heteroatoms. The van der Waals surface area contributed by atoms with Gasteiger partial charge in [-0.2, -0.15) is 0 Å². The first kappa shape index (κ1) is 8.74. The van der Waals surface area contributed by atoms with Crippen molar-refractivity contribution in [2.75, 3.05) is 7.11 Å². The summed E-state index contributed by atoms with van der Waals surface area (Å²) in [4.78, 5) is 18.3. The Morgan fingerprint density at radius 3 is 3.00 bits per heavy atom. The number of fused-ring (bicyclic) bond motifs is 1. The van der Waals surface area contributed by atoms with E-state index in [9.17, 15) is 4.79 Å². The number of methoxy groups -OCH3 is 1. The van der Waals surface area contributed by atoms with Crippen LogP contribution < -0.4 is 4.74 Å². The zero-order chi connectivity index (χ0) is 10.1. The van der Waals surface area contributed by atoms with Crippen molar-refractivity contribution in [3.8, 4) is 5.88 Å². The third kappa shape index (κ3) is 1.16. The van der Waals surface area contributed by atoms with Crippen LogP contribution in [0, 0.1) is 0 Å². The van der Waals surface area contributed by atoms with Gasteiger partial charge < -0.3 is 9.72 Å². The average Bonchev–Trinajstić information content (AvgIpc) is 2.60. The third-order valence-corrected chi connectivity index (χ3v) is 2.14. The summed E-state index contributed by atoms with van der Waals surface area (Å²) >= 11 is 0. The van der Waals surface area contributed by atoms with E-state index in [2.05, 4.69) is 9.97 Å². The SMILES string of the molecule is COc1nccc2c(C(C)=O)c[nH]c12. The summed E-state index contributed by atoms with van der Waals surface area (Å²) in [5, 5.41) is 0.851. The van der Waals surface area contributed by atoms with Crippen LogP contribution in [0.5, 0.6) is 5.88 Å². The van der Waals surface area contributed by atoms with E-state index in [1.54, 1.807) is 25.6 Å². The van der Waals surface area contributed by atoms with Crippen LogP contribution in [0.15, 0.2) is 18.5 Å². The van der Waals surface area contributed by atoms with Crippen molar-refractivity contribution >= 4 is 16.7 Å². The second kappa shape index (κ2) is 3.14. The summed E-state index contributed by atoms with van der Waals surface area (Å²) in [6, 6.07) is 1.80. The summed E-state index contributed by atoms with van der Waals surface area (Å²) in [7, 11) is 1.55. The number of hydrogen-bond acceptors (Lipinski definition) is 3. The number of carbonyl (C=O) groups is 1. The van der Waals surface area contributed by atoms with E-state index >= 15 is 0 Å². The van der Waals surface area contributed by atoms with Gasteiger partial charge in [0.1, 0.15) is 5.52 Å². The summed E-state index contributed by atoms with van der Waals surface area (Å²) < 4.78 is 5.07. The van der Waals surface area contributed by atoms with Gasteiger partial charge in [-0.3, -0.25) is 4.79 Å². The van der Waals surface area contributed by atoms with Crippen LogP contribution in [0.1, 0.15) is 17.3 Å². The standard InChI is InChI=1S/C10H10N2O2/c1-6(13)8-5-12-9-7(8)3-4-11-10(9)14-2/h3-5,12H,1-2H3. The second-order valence-electron chi connectivity index (χ2n) is 3.00. The van der Waals surface area contributed by atoms with Crippen LogP contribution in [-0.4, -0.2) is 22.9 Å². The maximum Gasteiger partial charge on any atom is 0.238 e. The first-order valence-electron chi connectivity index (χ1n) is 4.25. The molecule has 0 saturated carbocycles. The largest absolute Gasteiger partial charge is 0.479 e. The molecule has 1 N–H and O–H groups in total. The van der Waals surface area contributed by atoms with Crippen LogP contribution in [0.25, 0.3) is 10.9 Å². The number of aromatic amines is 1. The third-order valence-electron chi connectivity index (χ3n) is 2.14. The highest BCUT2D eigenvalue weighted by atomic mass is 16.5. The Bertz CT molecular complexity index is 488. The van der Waals surface area contributed by atoms with Gasteiger partial charge in [-0.05, 0) is 13.0 Å². The fourth-order valence-electron chi connectivity index (χ4n) is 1.47. The van der Waals surface area contributed by atoms with E-state index in [1.165, 1.54) is 6.92 Å². The molecular formula is C10H10N2O2. The maximum absolute atomic E-state index is 11.2. The molecule has 14 heavy (non-hydrogen) atoms. The zero-order valence-electron chi connectivity index (χ0n) is 8.00. The number of pyridine rings is 1. The highest BCUT2D eigenvalue weighted by Gasteiger charge is 2.10. The highest BCUT2D eigenvalue weighted by molar-refractivity contribution is 6.07. The second-order valence-corrected chi connectivity index (χ2v) is 3.00. The average molecular weight is 190 g/mol. The number of carbonyl (C=O) groups excluding carboxylic acids is 1. The van der Waals surface area contributed by atoms with Gasteiger partial charge in [0, 0.05) is 23.3 Å². The molecule has 4 nitrogen and oxygen atoms in total. The molecule has 0 radical (unpaired) electrons. The first-order valence-corrected chi connectivity index (χ1v) is 4.25. The fourth-order valence-corrected chi connectivity index (χ4v) is 1.47. The number of nitrogens with zero attached hydrogens (tertiary/aromatic N) is 1. The van der Waals surface area contributed by atoms with Gasteiger partial charge in [0.25, 0.3) is 0 Å². The normalized spacial score (nSPS) is 10.4. The fraction of sp³-hybridized carbons (Fsp3) is 0.200. The van der Waals surface area contributed by atoms with Crippen molar-refractivity contribution in [2.24, 2.45) is 0 Å². The predicted octanol–water partition coefficient (Wildman–Crippen LogP) is 1.77. The predicted molar refractivity (Wildman–Crippen MR) is 52.7 cm³/mol. The molecule has 0 atom stereocenters. The number of hydrogen-bond donors (Lipinski definition) is 1. The molecule has 2 heterocycles. The Hall–Kier alpha value is -1.84. The molecule has 0 unspecified atom stereocenters. The van der Waals surface area contributed by atoms with Crippen molar-refractivity contribution in [2.45, 2.75) is 6.92 Å². The minimum absolute atomic E-state index is 0.0319. The zero-order valence-corrected chi connectivity index (χ0v) is 8.00. The summed E-state index contributed by atoms with van der Waals surface area (Å²) in [5.74, 6) is 0.541. The van der Waals surface area contributed by atoms with Crippen LogP contribution in [0.3, 0.4) is 0 Å². The topological polar surface area (TPSA) is 55.0 Å². The van der Waals surface area contributed by atoms with E-state index < -0.39 is 0 Å². The van der Waals surface area contributed by atoms with Crippen molar-refractivity contribution in [1.82, 2.24) is 9.97 Å². The lowest BCUT2D eigenvalue weighted by molar-refractivity contribution is 0.101. The molecule has 0 aromatic carbocycles. The molecule has 2 aromatic rings. The molecule has 2 aromatic heterocycles.